The highest BCUT2D eigenvalue weighted by Crippen LogP contribution is 2.23. The van der Waals surface area contributed by atoms with E-state index in [1.165, 1.54) is 12.1 Å². The zero-order valence-electron chi connectivity index (χ0n) is 8.83. The van der Waals surface area contributed by atoms with E-state index in [1.807, 2.05) is 0 Å². The van der Waals surface area contributed by atoms with Crippen LogP contribution in [0.1, 0.15) is 0 Å². The lowest BCUT2D eigenvalue weighted by molar-refractivity contribution is 0.486. The van der Waals surface area contributed by atoms with Crippen molar-refractivity contribution in [3.05, 3.63) is 54.6 Å². The third-order valence-corrected chi connectivity index (χ3v) is 3.41. The number of nitrogens with one attached hydrogen (secondary N) is 1. The molecule has 0 spiro atoms. The minimum absolute atomic E-state index is 0.0802. The number of hydrogen-bond donors (Lipinski definition) is 0. The summed E-state index contributed by atoms with van der Waals surface area (Å²) in [5.74, 6) is 0.232. The van der Waals surface area contributed by atoms with E-state index in [-0.39, 0.29) is 16.3 Å². The van der Waals surface area contributed by atoms with E-state index in [1.54, 1.807) is 42.5 Å². The second-order valence-corrected chi connectivity index (χ2v) is 4.86. The summed E-state index contributed by atoms with van der Waals surface area (Å²) in [5, 5.41) is 0. The second-order valence-electron chi connectivity index (χ2n) is 3.35. The number of rotatable bonds is 3. The van der Waals surface area contributed by atoms with Crippen LogP contribution in [0.25, 0.3) is 0 Å². The fraction of sp³-hybridized carbons (Fsp3) is 0. The van der Waals surface area contributed by atoms with Gasteiger partial charge in [0.05, 0.1) is 5.69 Å². The molecule has 5 heteroatoms. The van der Waals surface area contributed by atoms with Crippen LogP contribution in [0.5, 0.6) is 5.75 Å². The van der Waals surface area contributed by atoms with Crippen molar-refractivity contribution in [2.24, 2.45) is 0 Å². The van der Waals surface area contributed by atoms with Gasteiger partial charge in [0.2, 0.25) is 0 Å². The minimum atomic E-state index is -3.93. The molecule has 0 aliphatic heterocycles. The third kappa shape index (κ3) is 2.57. The molecule has 0 bridgehead atoms. The summed E-state index contributed by atoms with van der Waals surface area (Å²) in [6, 6.07) is 14.1. The Morgan fingerprint density at radius 3 is 2.12 bits per heavy atom. The van der Waals surface area contributed by atoms with Crippen LogP contribution in [0.2, 0.25) is 0 Å². The maximum absolute atomic E-state index is 11.9. The summed E-state index contributed by atoms with van der Waals surface area (Å²) in [4.78, 5) is -0.135. The van der Waals surface area contributed by atoms with Crippen LogP contribution in [0.4, 0.5) is 5.69 Å². The van der Waals surface area contributed by atoms with Gasteiger partial charge in [0.15, 0.2) is 0 Å². The van der Waals surface area contributed by atoms with Gasteiger partial charge in [-0.05, 0) is 24.3 Å². The van der Waals surface area contributed by atoms with Gasteiger partial charge in [-0.2, -0.15) is 8.42 Å². The van der Waals surface area contributed by atoms with Crippen LogP contribution in [0, 0.1) is 0 Å². The van der Waals surface area contributed by atoms with Gasteiger partial charge < -0.3 is 4.18 Å². The van der Waals surface area contributed by atoms with Crippen molar-refractivity contribution in [2.75, 3.05) is 0 Å². The molecule has 0 amide bonds. The van der Waals surface area contributed by atoms with Crippen molar-refractivity contribution in [2.45, 2.75) is 4.90 Å². The maximum atomic E-state index is 11.9. The Morgan fingerprint density at radius 2 is 1.47 bits per heavy atom. The first-order valence-corrected chi connectivity index (χ1v) is 6.30. The van der Waals surface area contributed by atoms with Gasteiger partial charge in [-0.3, -0.25) is 5.73 Å². The molecule has 0 aliphatic carbocycles. The van der Waals surface area contributed by atoms with Gasteiger partial charge in [-0.1, -0.05) is 30.3 Å². The normalized spacial score (nSPS) is 11.1. The van der Waals surface area contributed by atoms with Crippen LogP contribution in [0.3, 0.4) is 0 Å². The number of para-hydroxylation sites is 1. The Kier molecular flexibility index (Phi) is 3.01. The summed E-state index contributed by atoms with van der Waals surface area (Å²) in [7, 11) is -3.93. The largest absolute Gasteiger partial charge is 0.379 e. The molecule has 1 N–H and O–H groups in total. The third-order valence-electron chi connectivity index (χ3n) is 2.11. The summed E-state index contributed by atoms with van der Waals surface area (Å²) in [5.41, 5.74) is 7.45. The zero-order chi connectivity index (χ0) is 12.3. The molecule has 2 rings (SSSR count). The molecule has 0 unspecified atom stereocenters. The fourth-order valence-corrected chi connectivity index (χ4v) is 2.37. The Morgan fingerprint density at radius 1 is 0.882 bits per heavy atom. The molecule has 0 aliphatic rings. The molecule has 1 radical (unpaired) electrons. The van der Waals surface area contributed by atoms with E-state index in [4.69, 9.17) is 9.92 Å². The first-order valence-electron chi connectivity index (χ1n) is 4.90. The van der Waals surface area contributed by atoms with E-state index >= 15 is 0 Å². The van der Waals surface area contributed by atoms with Crippen LogP contribution in [-0.2, 0) is 10.1 Å². The van der Waals surface area contributed by atoms with E-state index in [0.717, 1.165) is 0 Å². The van der Waals surface area contributed by atoms with Crippen molar-refractivity contribution in [1.29, 1.82) is 0 Å². The summed E-state index contributed by atoms with van der Waals surface area (Å²) in [6.07, 6.45) is 0. The highest BCUT2D eigenvalue weighted by atomic mass is 32.2. The molecule has 0 fully saturated rings. The summed E-state index contributed by atoms with van der Waals surface area (Å²) >= 11 is 0. The van der Waals surface area contributed by atoms with Crippen LogP contribution < -0.4 is 9.92 Å². The Labute approximate surface area is 99.8 Å². The van der Waals surface area contributed by atoms with Crippen molar-refractivity contribution < 1.29 is 12.6 Å². The van der Waals surface area contributed by atoms with Crippen molar-refractivity contribution in [1.82, 2.24) is 5.73 Å². The van der Waals surface area contributed by atoms with Crippen molar-refractivity contribution in [3.8, 4) is 5.75 Å². The molecule has 87 valence electrons. The van der Waals surface area contributed by atoms with Gasteiger partial charge in [-0.15, -0.1) is 0 Å². The van der Waals surface area contributed by atoms with E-state index in [0.29, 0.717) is 0 Å². The first kappa shape index (κ1) is 11.5. The fourth-order valence-electron chi connectivity index (χ4n) is 1.33. The average molecular weight is 248 g/mol. The maximum Gasteiger partial charge on any atom is 0.341 e. The predicted octanol–water partition coefficient (Wildman–Crippen LogP) is 2.37. The SMILES string of the molecule is [NH]c1ccccc1S(=O)(=O)Oc1ccccc1. The zero-order valence-corrected chi connectivity index (χ0v) is 9.65. The molecule has 0 atom stereocenters. The van der Waals surface area contributed by atoms with Gasteiger partial charge in [-0.25, -0.2) is 0 Å². The summed E-state index contributed by atoms with van der Waals surface area (Å²) in [6.45, 7) is 0. The number of hydrogen-bond acceptors (Lipinski definition) is 3. The minimum Gasteiger partial charge on any atom is -0.379 e. The molecular formula is C12H10NO3S. The van der Waals surface area contributed by atoms with Crippen molar-refractivity contribution >= 4 is 15.8 Å². The Bertz CT molecular complexity index is 609. The molecule has 0 saturated heterocycles. The molecular weight excluding hydrogens is 238 g/mol. The number of benzene rings is 2. The highest BCUT2D eigenvalue weighted by Gasteiger charge is 2.19. The molecule has 0 heterocycles. The van der Waals surface area contributed by atoms with E-state index in [2.05, 4.69) is 0 Å². The quantitative estimate of drug-likeness (QED) is 0.783. The van der Waals surface area contributed by atoms with Crippen LogP contribution in [0.15, 0.2) is 59.5 Å². The van der Waals surface area contributed by atoms with E-state index < -0.39 is 10.1 Å². The first-order chi connectivity index (χ1) is 8.09. The van der Waals surface area contributed by atoms with Gasteiger partial charge in [0.1, 0.15) is 10.6 Å². The lowest BCUT2D eigenvalue weighted by Gasteiger charge is -2.07. The second kappa shape index (κ2) is 4.47. The smallest absolute Gasteiger partial charge is 0.341 e. The highest BCUT2D eigenvalue weighted by molar-refractivity contribution is 7.87. The van der Waals surface area contributed by atoms with Gasteiger partial charge in [0.25, 0.3) is 0 Å². The molecule has 0 saturated carbocycles. The lowest BCUT2D eigenvalue weighted by atomic mass is 10.3. The predicted molar refractivity (Wildman–Crippen MR) is 63.5 cm³/mol. The monoisotopic (exact) mass is 248 g/mol. The van der Waals surface area contributed by atoms with Crippen LogP contribution >= 0.6 is 0 Å². The molecule has 2 aromatic carbocycles. The Balaban J connectivity index is 2.36. The van der Waals surface area contributed by atoms with E-state index in [9.17, 15) is 8.42 Å². The van der Waals surface area contributed by atoms with Crippen molar-refractivity contribution in [3.63, 3.8) is 0 Å². The molecule has 2 aromatic rings. The standard InChI is InChI=1S/C12H10NO3S/c13-11-8-4-5-9-12(11)17(14,15)16-10-6-2-1-3-7-10/h1-9,13H. The van der Waals surface area contributed by atoms with Gasteiger partial charge >= 0.3 is 10.1 Å². The average Bonchev–Trinajstić information content (AvgIpc) is 2.30. The molecule has 0 aromatic heterocycles. The lowest BCUT2D eigenvalue weighted by Crippen LogP contribution is -2.10. The Hall–Kier alpha value is -2.01. The molecule has 17 heavy (non-hydrogen) atoms. The van der Waals surface area contributed by atoms with Gasteiger partial charge in [0, 0.05) is 0 Å². The topological polar surface area (TPSA) is 67.2 Å². The molecule has 4 nitrogen and oxygen atoms in total. The summed E-state index contributed by atoms with van der Waals surface area (Å²) < 4.78 is 28.7. The van der Waals surface area contributed by atoms with Crippen LogP contribution in [-0.4, -0.2) is 8.42 Å².